The zero-order valence-electron chi connectivity index (χ0n) is 11.2. The van der Waals surface area contributed by atoms with E-state index in [0.29, 0.717) is 18.1 Å². The number of rotatable bonds is 5. The first-order chi connectivity index (χ1) is 8.51. The largest absolute Gasteiger partial charge is 0.358 e. The molecule has 1 heterocycles. The molecule has 100 valence electrons. The number of anilines is 2. The molecule has 1 rings (SSSR count). The molecule has 0 fully saturated rings. The minimum absolute atomic E-state index is 0.0158. The van der Waals surface area contributed by atoms with Gasteiger partial charge < -0.3 is 15.6 Å². The van der Waals surface area contributed by atoms with Gasteiger partial charge in [0.25, 0.3) is 0 Å². The lowest BCUT2D eigenvalue weighted by atomic mass is 10.2. The molecule has 0 spiro atoms. The third-order valence-corrected chi connectivity index (χ3v) is 2.60. The lowest BCUT2D eigenvalue weighted by Gasteiger charge is -2.20. The summed E-state index contributed by atoms with van der Waals surface area (Å²) in [7, 11) is 3.43. The van der Waals surface area contributed by atoms with Gasteiger partial charge in [-0.3, -0.25) is 4.79 Å². The number of amides is 1. The number of nitrogen functional groups attached to an aromatic ring is 1. The highest BCUT2D eigenvalue weighted by molar-refractivity contribution is 5.84. The van der Waals surface area contributed by atoms with E-state index in [1.54, 1.807) is 21.0 Å². The van der Waals surface area contributed by atoms with Crippen molar-refractivity contribution >= 4 is 17.5 Å². The summed E-state index contributed by atoms with van der Waals surface area (Å²) in [6.07, 6.45) is 2.12. The van der Waals surface area contributed by atoms with Gasteiger partial charge in [0.1, 0.15) is 24.0 Å². The molecule has 1 aromatic rings. The van der Waals surface area contributed by atoms with Gasteiger partial charge in [-0.05, 0) is 13.3 Å². The molecule has 0 bridgehead atoms. The Bertz CT molecular complexity index is 420. The van der Waals surface area contributed by atoms with Crippen LogP contribution >= 0.6 is 0 Å². The van der Waals surface area contributed by atoms with Crippen LogP contribution in [0.15, 0.2) is 6.33 Å². The van der Waals surface area contributed by atoms with Crippen molar-refractivity contribution in [3.8, 4) is 0 Å². The smallest absolute Gasteiger partial charge is 0.244 e. The first kappa shape index (κ1) is 14.2. The number of nitrogens with zero attached hydrogens (tertiary/aromatic N) is 3. The number of carbonyl (C=O) groups is 1. The predicted molar refractivity (Wildman–Crippen MR) is 71.0 cm³/mol. The van der Waals surface area contributed by atoms with Gasteiger partial charge in [-0.25, -0.2) is 15.8 Å². The topological polar surface area (TPSA) is 96.2 Å². The summed E-state index contributed by atoms with van der Waals surface area (Å²) >= 11 is 0. The van der Waals surface area contributed by atoms with Gasteiger partial charge in [-0.1, -0.05) is 6.92 Å². The van der Waals surface area contributed by atoms with Crippen LogP contribution in [0.4, 0.5) is 11.6 Å². The highest BCUT2D eigenvalue weighted by Gasteiger charge is 2.17. The second-order valence-electron chi connectivity index (χ2n) is 4.15. The molecule has 1 atom stereocenters. The Hall–Kier alpha value is -1.89. The number of nitrogens with two attached hydrogens (primary N) is 1. The van der Waals surface area contributed by atoms with Gasteiger partial charge in [0.05, 0.1) is 0 Å². The minimum atomic E-state index is -0.356. The fourth-order valence-corrected chi connectivity index (χ4v) is 1.65. The molecule has 0 aliphatic carbocycles. The van der Waals surface area contributed by atoms with Crippen LogP contribution in [0, 0.1) is 0 Å². The SMILES string of the molecule is CCc1c(NN)ncnc1NC(C)C(=O)N(C)C. The highest BCUT2D eigenvalue weighted by atomic mass is 16.2. The average molecular weight is 252 g/mol. The summed E-state index contributed by atoms with van der Waals surface area (Å²) < 4.78 is 0. The van der Waals surface area contributed by atoms with Crippen molar-refractivity contribution in [1.82, 2.24) is 14.9 Å². The Kier molecular flexibility index (Phi) is 4.85. The summed E-state index contributed by atoms with van der Waals surface area (Å²) in [5.41, 5.74) is 3.39. The van der Waals surface area contributed by atoms with Crippen molar-refractivity contribution in [3.63, 3.8) is 0 Å². The average Bonchev–Trinajstić information content (AvgIpc) is 2.37. The molecule has 0 aromatic carbocycles. The maximum absolute atomic E-state index is 11.8. The molecule has 1 unspecified atom stereocenters. The van der Waals surface area contributed by atoms with Crippen LogP contribution in [-0.4, -0.2) is 40.9 Å². The standard InChI is InChI=1S/C11H20N6O/c1-5-8-9(13-6-14-10(8)16-12)15-7(2)11(18)17(3)4/h6-7H,5,12H2,1-4H3,(H2,13,14,15,16). The zero-order chi connectivity index (χ0) is 13.7. The number of nitrogens with one attached hydrogen (secondary N) is 2. The van der Waals surface area contributed by atoms with Gasteiger partial charge in [-0.15, -0.1) is 0 Å². The van der Waals surface area contributed by atoms with Crippen molar-refractivity contribution in [1.29, 1.82) is 0 Å². The summed E-state index contributed by atoms with van der Waals surface area (Å²) in [6, 6.07) is -0.356. The Labute approximate surface area is 107 Å². The molecule has 1 aromatic heterocycles. The summed E-state index contributed by atoms with van der Waals surface area (Å²) in [4.78, 5) is 21.5. The third kappa shape index (κ3) is 3.07. The highest BCUT2D eigenvalue weighted by Crippen LogP contribution is 2.20. The van der Waals surface area contributed by atoms with E-state index in [1.165, 1.54) is 11.2 Å². The van der Waals surface area contributed by atoms with Crippen LogP contribution in [0.1, 0.15) is 19.4 Å². The molecular weight excluding hydrogens is 232 g/mol. The van der Waals surface area contributed by atoms with Gasteiger partial charge in [0, 0.05) is 19.7 Å². The monoisotopic (exact) mass is 252 g/mol. The summed E-state index contributed by atoms with van der Waals surface area (Å²) in [6.45, 7) is 3.77. The Morgan fingerprint density at radius 3 is 2.56 bits per heavy atom. The number of hydrogen-bond acceptors (Lipinski definition) is 6. The quantitative estimate of drug-likeness (QED) is 0.512. The first-order valence-corrected chi connectivity index (χ1v) is 5.79. The molecule has 0 saturated heterocycles. The molecule has 1 amide bonds. The van der Waals surface area contributed by atoms with Crippen LogP contribution in [-0.2, 0) is 11.2 Å². The van der Waals surface area contributed by atoms with E-state index in [2.05, 4.69) is 20.7 Å². The fourth-order valence-electron chi connectivity index (χ4n) is 1.65. The van der Waals surface area contributed by atoms with Crippen LogP contribution < -0.4 is 16.6 Å². The molecule has 0 aliphatic heterocycles. The number of aromatic nitrogens is 2. The van der Waals surface area contributed by atoms with Gasteiger partial charge in [0.2, 0.25) is 5.91 Å². The minimum Gasteiger partial charge on any atom is -0.358 e. The molecule has 7 heteroatoms. The first-order valence-electron chi connectivity index (χ1n) is 5.79. The number of likely N-dealkylation sites (N-methyl/N-ethyl adjacent to an activating group) is 1. The second-order valence-corrected chi connectivity index (χ2v) is 4.15. The maximum atomic E-state index is 11.8. The van der Waals surface area contributed by atoms with Gasteiger partial charge in [-0.2, -0.15) is 0 Å². The van der Waals surface area contributed by atoms with Crippen molar-refractivity contribution in [3.05, 3.63) is 11.9 Å². The van der Waals surface area contributed by atoms with Crippen LogP contribution in [0.2, 0.25) is 0 Å². The van der Waals surface area contributed by atoms with E-state index >= 15 is 0 Å². The van der Waals surface area contributed by atoms with E-state index < -0.39 is 0 Å². The van der Waals surface area contributed by atoms with Crippen LogP contribution in [0.5, 0.6) is 0 Å². The Morgan fingerprint density at radius 1 is 1.44 bits per heavy atom. The zero-order valence-corrected chi connectivity index (χ0v) is 11.2. The fraction of sp³-hybridized carbons (Fsp3) is 0.545. The predicted octanol–water partition coefficient (Wildman–Crippen LogP) is 0.213. The molecule has 4 N–H and O–H groups in total. The van der Waals surface area contributed by atoms with Crippen molar-refractivity contribution < 1.29 is 4.79 Å². The number of hydrazine groups is 1. The summed E-state index contributed by atoms with van der Waals surface area (Å²) in [5, 5.41) is 3.08. The molecule has 0 saturated carbocycles. The van der Waals surface area contributed by atoms with Crippen molar-refractivity contribution in [2.45, 2.75) is 26.3 Å². The second kappa shape index (κ2) is 6.15. The van der Waals surface area contributed by atoms with Gasteiger partial charge >= 0.3 is 0 Å². The maximum Gasteiger partial charge on any atom is 0.244 e. The Balaban J connectivity index is 2.94. The van der Waals surface area contributed by atoms with Gasteiger partial charge in [0.15, 0.2) is 0 Å². The number of carbonyl (C=O) groups excluding carboxylic acids is 1. The Morgan fingerprint density at radius 2 is 2.06 bits per heavy atom. The van der Waals surface area contributed by atoms with E-state index in [0.717, 1.165) is 5.56 Å². The van der Waals surface area contributed by atoms with Crippen molar-refractivity contribution in [2.75, 3.05) is 24.8 Å². The summed E-state index contributed by atoms with van der Waals surface area (Å²) in [5.74, 6) is 6.57. The molecule has 18 heavy (non-hydrogen) atoms. The number of hydrogen-bond donors (Lipinski definition) is 3. The van der Waals surface area contributed by atoms with E-state index in [-0.39, 0.29) is 11.9 Å². The van der Waals surface area contributed by atoms with E-state index in [9.17, 15) is 4.79 Å². The third-order valence-electron chi connectivity index (χ3n) is 2.60. The molecular formula is C11H20N6O. The lowest BCUT2D eigenvalue weighted by Crippen LogP contribution is -2.37. The molecule has 7 nitrogen and oxygen atoms in total. The normalized spacial score (nSPS) is 11.8. The van der Waals surface area contributed by atoms with Crippen LogP contribution in [0.3, 0.4) is 0 Å². The molecule has 0 radical (unpaired) electrons. The van der Waals surface area contributed by atoms with E-state index in [1.807, 2.05) is 6.92 Å². The van der Waals surface area contributed by atoms with Crippen LogP contribution in [0.25, 0.3) is 0 Å². The van der Waals surface area contributed by atoms with Crippen molar-refractivity contribution in [2.24, 2.45) is 5.84 Å². The lowest BCUT2D eigenvalue weighted by molar-refractivity contribution is -0.129. The van der Waals surface area contributed by atoms with E-state index in [4.69, 9.17) is 5.84 Å². The molecule has 0 aliphatic rings.